The highest BCUT2D eigenvalue weighted by molar-refractivity contribution is 5.94. The summed E-state index contributed by atoms with van der Waals surface area (Å²) in [7, 11) is 0. The van der Waals surface area contributed by atoms with Gasteiger partial charge in [0.2, 0.25) is 0 Å². The number of nitrogens with zero attached hydrogens (tertiary/aromatic N) is 6. The molecule has 11 heteroatoms. The fourth-order valence-corrected chi connectivity index (χ4v) is 4.67. The van der Waals surface area contributed by atoms with Gasteiger partial charge in [0, 0.05) is 63.2 Å². The second-order valence-corrected chi connectivity index (χ2v) is 8.93. The van der Waals surface area contributed by atoms with Gasteiger partial charge < -0.3 is 14.5 Å². The molecule has 0 radical (unpaired) electrons. The van der Waals surface area contributed by atoms with E-state index in [0.717, 1.165) is 36.5 Å². The van der Waals surface area contributed by atoms with Gasteiger partial charge in [-0.1, -0.05) is 0 Å². The number of ether oxygens (including phenoxy) is 1. The van der Waals surface area contributed by atoms with Gasteiger partial charge in [0.15, 0.2) is 5.65 Å². The number of aromatic nitrogens is 4. The number of hydrogen-bond acceptors (Lipinski definition) is 6. The molecule has 0 aliphatic carbocycles. The molecule has 0 bridgehead atoms. The zero-order valence-electron chi connectivity index (χ0n) is 19.6. The molecule has 0 N–H and O–H groups in total. The normalized spacial score (nSPS) is 17.6. The second kappa shape index (κ2) is 9.37. The molecule has 2 aliphatic heterocycles. The van der Waals surface area contributed by atoms with E-state index in [2.05, 4.69) is 15.0 Å². The predicted molar refractivity (Wildman–Crippen MR) is 126 cm³/mol. The van der Waals surface area contributed by atoms with Gasteiger partial charge in [0.05, 0.1) is 18.7 Å². The van der Waals surface area contributed by atoms with E-state index in [1.54, 1.807) is 6.20 Å². The standard InChI is InChI=1S/C24H28F2N6O3/c1-2-35-13-12-32-23(34)31-9-5-19(15-20(31)28-32)30-8-3-4-17-14-18(16-27-21(17)30)22(33)29-10-6-24(25,26)7-11-29/h5,9,14-16H,2-4,6-8,10-13H2,1H3. The summed E-state index contributed by atoms with van der Waals surface area (Å²) in [4.78, 5) is 33.6. The van der Waals surface area contributed by atoms with Gasteiger partial charge in [-0.15, -0.1) is 5.10 Å². The summed E-state index contributed by atoms with van der Waals surface area (Å²) < 4.78 is 35.2. The van der Waals surface area contributed by atoms with Gasteiger partial charge in [-0.2, -0.15) is 0 Å². The molecule has 0 spiro atoms. The molecule has 2 aliphatic rings. The van der Waals surface area contributed by atoms with E-state index in [1.807, 2.05) is 25.1 Å². The van der Waals surface area contributed by atoms with Crippen LogP contribution in [0.3, 0.4) is 0 Å². The number of anilines is 2. The molecule has 186 valence electrons. The lowest BCUT2D eigenvalue weighted by atomic mass is 10.0. The minimum absolute atomic E-state index is 0.0473. The Hall–Kier alpha value is -3.34. The highest BCUT2D eigenvalue weighted by atomic mass is 19.3. The molecule has 9 nitrogen and oxygen atoms in total. The molecule has 35 heavy (non-hydrogen) atoms. The van der Waals surface area contributed by atoms with Crippen LogP contribution in [0.5, 0.6) is 0 Å². The molecule has 5 heterocycles. The van der Waals surface area contributed by atoms with Crippen LogP contribution >= 0.6 is 0 Å². The quantitative estimate of drug-likeness (QED) is 0.498. The summed E-state index contributed by atoms with van der Waals surface area (Å²) in [6, 6.07) is 5.53. The lowest BCUT2D eigenvalue weighted by Crippen LogP contribution is -2.42. The van der Waals surface area contributed by atoms with Crippen molar-refractivity contribution in [2.75, 3.05) is 37.7 Å². The first-order valence-electron chi connectivity index (χ1n) is 12.0. The molecule has 3 aromatic rings. The van der Waals surface area contributed by atoms with Crippen molar-refractivity contribution in [2.45, 2.75) is 45.1 Å². The van der Waals surface area contributed by atoms with Crippen LogP contribution in [-0.4, -0.2) is 68.7 Å². The molecule has 0 unspecified atom stereocenters. The Morgan fingerprint density at radius 2 is 2.00 bits per heavy atom. The Bertz CT molecular complexity index is 1290. The van der Waals surface area contributed by atoms with Crippen molar-refractivity contribution >= 4 is 23.1 Å². The average molecular weight is 487 g/mol. The van der Waals surface area contributed by atoms with Crippen molar-refractivity contribution in [1.82, 2.24) is 24.1 Å². The van der Waals surface area contributed by atoms with Crippen LogP contribution in [0.4, 0.5) is 20.3 Å². The molecular formula is C24H28F2N6O3. The first-order valence-corrected chi connectivity index (χ1v) is 12.0. The lowest BCUT2D eigenvalue weighted by molar-refractivity contribution is -0.0494. The fraction of sp³-hybridized carbons (Fsp3) is 0.500. The number of aryl methyl sites for hydroxylation is 1. The third-order valence-electron chi connectivity index (χ3n) is 6.59. The summed E-state index contributed by atoms with van der Waals surface area (Å²) >= 11 is 0. The Labute approximate surface area is 200 Å². The van der Waals surface area contributed by atoms with Crippen LogP contribution in [0.1, 0.15) is 42.1 Å². The number of piperidine rings is 1. The number of amides is 1. The number of likely N-dealkylation sites (tertiary alicyclic amines) is 1. The predicted octanol–water partition coefficient (Wildman–Crippen LogP) is 2.88. The minimum Gasteiger partial charge on any atom is -0.380 e. The summed E-state index contributed by atoms with van der Waals surface area (Å²) in [5.74, 6) is -2.21. The van der Waals surface area contributed by atoms with Gasteiger partial charge >= 0.3 is 5.69 Å². The topological polar surface area (TPSA) is 85.0 Å². The minimum atomic E-state index is -2.70. The Morgan fingerprint density at radius 3 is 2.77 bits per heavy atom. The number of halogens is 2. The van der Waals surface area contributed by atoms with Gasteiger partial charge in [-0.3, -0.25) is 9.20 Å². The van der Waals surface area contributed by atoms with Crippen LogP contribution < -0.4 is 10.6 Å². The first-order chi connectivity index (χ1) is 16.9. The monoisotopic (exact) mass is 486 g/mol. The van der Waals surface area contributed by atoms with E-state index in [9.17, 15) is 18.4 Å². The van der Waals surface area contributed by atoms with Crippen molar-refractivity contribution in [3.05, 3.63) is 52.2 Å². The second-order valence-electron chi connectivity index (χ2n) is 8.93. The summed E-state index contributed by atoms with van der Waals surface area (Å²) in [5, 5.41) is 4.43. The van der Waals surface area contributed by atoms with Crippen molar-refractivity contribution in [1.29, 1.82) is 0 Å². The van der Waals surface area contributed by atoms with Gasteiger partial charge in [-0.25, -0.2) is 23.2 Å². The van der Waals surface area contributed by atoms with E-state index < -0.39 is 5.92 Å². The summed E-state index contributed by atoms with van der Waals surface area (Å²) in [5.41, 5.74) is 2.52. The van der Waals surface area contributed by atoms with Crippen LogP contribution in [-0.2, 0) is 17.7 Å². The highest BCUT2D eigenvalue weighted by Gasteiger charge is 2.36. The highest BCUT2D eigenvalue weighted by Crippen LogP contribution is 2.33. The van der Waals surface area contributed by atoms with Crippen LogP contribution in [0.2, 0.25) is 0 Å². The van der Waals surface area contributed by atoms with E-state index in [4.69, 9.17) is 4.74 Å². The maximum absolute atomic E-state index is 13.5. The van der Waals surface area contributed by atoms with Crippen molar-refractivity contribution < 1.29 is 18.3 Å². The molecule has 0 atom stereocenters. The number of carbonyl (C=O) groups is 1. The van der Waals surface area contributed by atoms with Crippen LogP contribution in [0.25, 0.3) is 5.65 Å². The van der Waals surface area contributed by atoms with E-state index in [0.29, 0.717) is 31.0 Å². The summed E-state index contributed by atoms with van der Waals surface area (Å²) in [6.45, 7) is 4.10. The van der Waals surface area contributed by atoms with E-state index in [1.165, 1.54) is 20.2 Å². The molecular weight excluding hydrogens is 458 g/mol. The average Bonchev–Trinajstić information content (AvgIpc) is 3.17. The number of pyridine rings is 2. The zero-order chi connectivity index (χ0) is 24.6. The van der Waals surface area contributed by atoms with E-state index in [-0.39, 0.29) is 37.5 Å². The molecule has 5 rings (SSSR count). The fourth-order valence-electron chi connectivity index (χ4n) is 4.67. The Kier molecular flexibility index (Phi) is 6.26. The van der Waals surface area contributed by atoms with Crippen molar-refractivity contribution in [3.63, 3.8) is 0 Å². The van der Waals surface area contributed by atoms with Crippen LogP contribution in [0, 0.1) is 0 Å². The molecule has 0 saturated carbocycles. The Balaban J connectivity index is 1.38. The molecule has 1 amide bonds. The summed E-state index contributed by atoms with van der Waals surface area (Å²) in [6.07, 6.45) is 4.25. The number of hydrogen-bond donors (Lipinski definition) is 0. The SMILES string of the molecule is CCOCCn1nc2cc(N3CCCc4cc(C(=O)N5CCC(F)(F)CC5)cnc43)ccn2c1=O. The third kappa shape index (κ3) is 4.64. The van der Waals surface area contributed by atoms with Crippen molar-refractivity contribution in [2.24, 2.45) is 0 Å². The maximum atomic E-state index is 13.5. The smallest absolute Gasteiger partial charge is 0.350 e. The van der Waals surface area contributed by atoms with Gasteiger partial charge in [-0.05, 0) is 37.5 Å². The number of carbonyl (C=O) groups excluding carboxylic acids is 1. The zero-order valence-corrected chi connectivity index (χ0v) is 19.6. The number of fused-ring (bicyclic) bond motifs is 2. The van der Waals surface area contributed by atoms with Gasteiger partial charge in [0.1, 0.15) is 5.82 Å². The first kappa shape index (κ1) is 23.4. The number of rotatable bonds is 6. The largest absolute Gasteiger partial charge is 0.380 e. The molecule has 1 saturated heterocycles. The van der Waals surface area contributed by atoms with Crippen LogP contribution in [0.15, 0.2) is 35.4 Å². The molecule has 3 aromatic heterocycles. The third-order valence-corrected chi connectivity index (χ3v) is 6.59. The lowest BCUT2D eigenvalue weighted by Gasteiger charge is -2.33. The maximum Gasteiger partial charge on any atom is 0.350 e. The Morgan fingerprint density at radius 1 is 1.20 bits per heavy atom. The molecule has 0 aromatic carbocycles. The molecule has 1 fully saturated rings. The van der Waals surface area contributed by atoms with E-state index >= 15 is 0 Å². The van der Waals surface area contributed by atoms with Gasteiger partial charge in [0.25, 0.3) is 11.8 Å². The van der Waals surface area contributed by atoms with Crippen molar-refractivity contribution in [3.8, 4) is 0 Å². The number of alkyl halides is 2.